The van der Waals surface area contributed by atoms with Crippen LogP contribution in [0.3, 0.4) is 0 Å². The zero-order chi connectivity index (χ0) is 9.42. The van der Waals surface area contributed by atoms with Crippen LogP contribution in [0, 0.1) is 0 Å². The lowest BCUT2D eigenvalue weighted by Crippen LogP contribution is -2.21. The number of nitrogens with zero attached hydrogens (tertiary/aromatic N) is 3. The predicted molar refractivity (Wildman–Crippen MR) is 45.7 cm³/mol. The van der Waals surface area contributed by atoms with Crippen molar-refractivity contribution in [2.45, 2.75) is 6.42 Å². The van der Waals surface area contributed by atoms with Crippen molar-refractivity contribution in [2.75, 3.05) is 19.1 Å². The maximum Gasteiger partial charge on any atom is 0.232 e. The molecule has 2 heterocycles. The average molecular weight is 179 g/mol. The number of methoxy groups -OCH3 is 1. The second-order valence-corrected chi connectivity index (χ2v) is 2.81. The van der Waals surface area contributed by atoms with E-state index in [1.807, 2.05) is 0 Å². The molecule has 5 heteroatoms. The molecule has 0 N–H and O–H groups in total. The maximum atomic E-state index is 11.3. The number of hydrogen-bond acceptors (Lipinski definition) is 4. The van der Waals surface area contributed by atoms with Gasteiger partial charge in [0.15, 0.2) is 0 Å². The number of amides is 1. The smallest absolute Gasteiger partial charge is 0.232 e. The summed E-state index contributed by atoms with van der Waals surface area (Å²) in [4.78, 5) is 20.8. The number of carbonyl (C=O) groups is 1. The summed E-state index contributed by atoms with van der Waals surface area (Å²) < 4.78 is 5.02. The molecule has 0 saturated carbocycles. The number of ether oxygens (including phenoxy) is 1. The highest BCUT2D eigenvalue weighted by Crippen LogP contribution is 2.30. The monoisotopic (exact) mass is 179 g/mol. The van der Waals surface area contributed by atoms with Crippen molar-refractivity contribution in [3.63, 3.8) is 0 Å². The van der Waals surface area contributed by atoms with Gasteiger partial charge in [-0.15, -0.1) is 0 Å². The number of anilines is 1. The van der Waals surface area contributed by atoms with Crippen molar-refractivity contribution in [3.8, 4) is 5.88 Å². The second-order valence-electron chi connectivity index (χ2n) is 2.81. The van der Waals surface area contributed by atoms with E-state index in [0.29, 0.717) is 18.1 Å². The first-order valence-corrected chi connectivity index (χ1v) is 3.88. The van der Waals surface area contributed by atoms with E-state index in [4.69, 9.17) is 4.74 Å². The molecule has 1 amide bonds. The summed E-state index contributed by atoms with van der Waals surface area (Å²) in [6, 6.07) is 0. The minimum absolute atomic E-state index is 0.0220. The van der Waals surface area contributed by atoms with Crippen molar-refractivity contribution in [2.24, 2.45) is 0 Å². The lowest BCUT2D eigenvalue weighted by Gasteiger charge is -2.08. The Kier molecular flexibility index (Phi) is 1.65. The molecule has 1 aromatic heterocycles. The number of aromatic nitrogens is 2. The molecule has 68 valence electrons. The van der Waals surface area contributed by atoms with Gasteiger partial charge in [-0.05, 0) is 0 Å². The van der Waals surface area contributed by atoms with E-state index in [2.05, 4.69) is 9.97 Å². The van der Waals surface area contributed by atoms with Crippen LogP contribution in [0.25, 0.3) is 0 Å². The van der Waals surface area contributed by atoms with Gasteiger partial charge in [0.1, 0.15) is 12.1 Å². The van der Waals surface area contributed by atoms with Crippen LogP contribution in [0.1, 0.15) is 5.56 Å². The third-order valence-corrected chi connectivity index (χ3v) is 2.10. The number of fused-ring (bicyclic) bond motifs is 1. The van der Waals surface area contributed by atoms with Crippen molar-refractivity contribution in [1.82, 2.24) is 9.97 Å². The molecule has 2 rings (SSSR count). The van der Waals surface area contributed by atoms with Gasteiger partial charge >= 0.3 is 0 Å². The third-order valence-electron chi connectivity index (χ3n) is 2.10. The van der Waals surface area contributed by atoms with E-state index >= 15 is 0 Å². The molecule has 0 unspecified atom stereocenters. The molecular weight excluding hydrogens is 170 g/mol. The Morgan fingerprint density at radius 3 is 3.00 bits per heavy atom. The SMILES string of the molecule is COc1ncnc2c1CC(=O)N2C. The van der Waals surface area contributed by atoms with Crippen LogP contribution in [0.2, 0.25) is 0 Å². The Morgan fingerprint density at radius 1 is 1.54 bits per heavy atom. The lowest BCUT2D eigenvalue weighted by molar-refractivity contribution is -0.117. The van der Waals surface area contributed by atoms with Crippen LogP contribution in [0.15, 0.2) is 6.33 Å². The first-order chi connectivity index (χ1) is 6.24. The van der Waals surface area contributed by atoms with Gasteiger partial charge in [-0.1, -0.05) is 0 Å². The van der Waals surface area contributed by atoms with Gasteiger partial charge in [-0.2, -0.15) is 0 Å². The zero-order valence-corrected chi connectivity index (χ0v) is 7.44. The van der Waals surface area contributed by atoms with Gasteiger partial charge in [0.25, 0.3) is 0 Å². The molecule has 1 aliphatic rings. The van der Waals surface area contributed by atoms with E-state index < -0.39 is 0 Å². The first-order valence-electron chi connectivity index (χ1n) is 3.88. The molecule has 0 fully saturated rings. The Bertz CT molecular complexity index is 364. The Morgan fingerprint density at radius 2 is 2.31 bits per heavy atom. The largest absolute Gasteiger partial charge is 0.481 e. The summed E-state index contributed by atoms with van der Waals surface area (Å²) >= 11 is 0. The second kappa shape index (κ2) is 2.69. The molecule has 1 aliphatic heterocycles. The highest BCUT2D eigenvalue weighted by Gasteiger charge is 2.28. The molecule has 0 atom stereocenters. The summed E-state index contributed by atoms with van der Waals surface area (Å²) in [5, 5.41) is 0. The fraction of sp³-hybridized carbons (Fsp3) is 0.375. The molecule has 0 aliphatic carbocycles. The van der Waals surface area contributed by atoms with Crippen LogP contribution in [0.4, 0.5) is 5.82 Å². The standard InChI is InChI=1S/C8H9N3O2/c1-11-6(12)3-5-7(11)9-4-10-8(5)13-2/h4H,3H2,1-2H3. The van der Waals surface area contributed by atoms with E-state index in [0.717, 1.165) is 5.56 Å². The molecule has 0 spiro atoms. The van der Waals surface area contributed by atoms with Crippen molar-refractivity contribution in [3.05, 3.63) is 11.9 Å². The van der Waals surface area contributed by atoms with Crippen LogP contribution in [-0.4, -0.2) is 30.0 Å². The fourth-order valence-electron chi connectivity index (χ4n) is 1.40. The topological polar surface area (TPSA) is 55.3 Å². The van der Waals surface area contributed by atoms with Crippen molar-refractivity contribution < 1.29 is 9.53 Å². The third kappa shape index (κ3) is 1.04. The van der Waals surface area contributed by atoms with Crippen LogP contribution in [-0.2, 0) is 11.2 Å². The average Bonchev–Trinajstić information content (AvgIpc) is 2.43. The van der Waals surface area contributed by atoms with Gasteiger partial charge in [-0.25, -0.2) is 9.97 Å². The normalized spacial score (nSPS) is 14.6. The van der Waals surface area contributed by atoms with Gasteiger partial charge in [0.2, 0.25) is 11.8 Å². The van der Waals surface area contributed by atoms with E-state index in [9.17, 15) is 4.79 Å². The molecule has 13 heavy (non-hydrogen) atoms. The highest BCUT2D eigenvalue weighted by molar-refractivity contribution is 6.00. The summed E-state index contributed by atoms with van der Waals surface area (Å²) in [7, 11) is 3.23. The summed E-state index contributed by atoms with van der Waals surface area (Å²) in [5.74, 6) is 1.16. The molecule has 5 nitrogen and oxygen atoms in total. The lowest BCUT2D eigenvalue weighted by atomic mass is 10.2. The predicted octanol–water partition coefficient (Wildman–Crippen LogP) is 0.00410. The van der Waals surface area contributed by atoms with E-state index in [1.54, 1.807) is 7.05 Å². The minimum atomic E-state index is 0.0220. The van der Waals surface area contributed by atoms with Crippen LogP contribution < -0.4 is 9.64 Å². The fourth-order valence-corrected chi connectivity index (χ4v) is 1.40. The molecule has 0 aromatic carbocycles. The van der Waals surface area contributed by atoms with Gasteiger partial charge in [0, 0.05) is 7.05 Å². The number of likely N-dealkylation sites (N-methyl/N-ethyl adjacent to an activating group) is 1. The quantitative estimate of drug-likeness (QED) is 0.609. The molecule has 0 saturated heterocycles. The number of carbonyl (C=O) groups excluding carboxylic acids is 1. The van der Waals surface area contributed by atoms with Gasteiger partial charge in [0.05, 0.1) is 19.1 Å². The highest BCUT2D eigenvalue weighted by atomic mass is 16.5. The minimum Gasteiger partial charge on any atom is -0.481 e. The van der Waals surface area contributed by atoms with Crippen molar-refractivity contribution in [1.29, 1.82) is 0 Å². The Labute approximate surface area is 75.4 Å². The Hall–Kier alpha value is -1.65. The summed E-state index contributed by atoms with van der Waals surface area (Å²) in [5.41, 5.74) is 0.775. The van der Waals surface area contributed by atoms with E-state index in [1.165, 1.54) is 18.3 Å². The van der Waals surface area contributed by atoms with Crippen LogP contribution in [0.5, 0.6) is 5.88 Å². The van der Waals surface area contributed by atoms with Gasteiger partial charge in [-0.3, -0.25) is 9.69 Å². The number of rotatable bonds is 1. The molecule has 0 radical (unpaired) electrons. The van der Waals surface area contributed by atoms with E-state index in [-0.39, 0.29) is 5.91 Å². The van der Waals surface area contributed by atoms with Crippen molar-refractivity contribution >= 4 is 11.7 Å². The Balaban J connectivity index is 2.55. The zero-order valence-electron chi connectivity index (χ0n) is 7.44. The summed E-state index contributed by atoms with van der Waals surface area (Å²) in [6.45, 7) is 0. The summed E-state index contributed by atoms with van der Waals surface area (Å²) in [6.07, 6.45) is 1.72. The van der Waals surface area contributed by atoms with Crippen LogP contribution >= 0.6 is 0 Å². The van der Waals surface area contributed by atoms with Gasteiger partial charge < -0.3 is 4.74 Å². The number of hydrogen-bond donors (Lipinski definition) is 0. The molecular formula is C8H9N3O2. The molecule has 1 aromatic rings. The first kappa shape index (κ1) is 7.97. The maximum absolute atomic E-state index is 11.3. The molecule has 0 bridgehead atoms.